The van der Waals surface area contributed by atoms with Crippen LogP contribution in [0.1, 0.15) is 16.2 Å². The first kappa shape index (κ1) is 22.4. The van der Waals surface area contributed by atoms with Crippen LogP contribution in [0.3, 0.4) is 0 Å². The second-order valence-electron chi connectivity index (χ2n) is 9.12. The molecule has 2 aliphatic rings. The molecule has 3 aromatic heterocycles. The van der Waals surface area contributed by atoms with Crippen LogP contribution in [0.4, 0.5) is 13.2 Å². The molecular formula is C25H21F3N6O2. The molecular weight excluding hydrogens is 473 g/mol. The van der Waals surface area contributed by atoms with Crippen molar-refractivity contribution in [1.82, 2.24) is 29.4 Å². The maximum atomic E-state index is 13.1. The average molecular weight is 494 g/mol. The summed E-state index contributed by atoms with van der Waals surface area (Å²) in [7, 11) is 1.84. The summed E-state index contributed by atoms with van der Waals surface area (Å²) in [5.41, 5.74) is 1.13. The van der Waals surface area contributed by atoms with Gasteiger partial charge >= 0.3 is 6.18 Å². The average Bonchev–Trinajstić information content (AvgIpc) is 3.18. The second kappa shape index (κ2) is 8.28. The van der Waals surface area contributed by atoms with Crippen molar-refractivity contribution >= 4 is 17.2 Å². The minimum Gasteiger partial charge on any atom is -0.491 e. The molecule has 1 aliphatic carbocycles. The van der Waals surface area contributed by atoms with Crippen LogP contribution in [0.25, 0.3) is 22.7 Å². The molecule has 0 spiro atoms. The highest BCUT2D eigenvalue weighted by molar-refractivity contribution is 5.93. The third-order valence-corrected chi connectivity index (χ3v) is 6.96. The van der Waals surface area contributed by atoms with Crippen molar-refractivity contribution in [2.45, 2.75) is 6.18 Å². The van der Waals surface area contributed by atoms with E-state index in [1.54, 1.807) is 4.90 Å². The van der Waals surface area contributed by atoms with E-state index in [4.69, 9.17) is 4.74 Å². The number of hydrogen-bond donors (Lipinski definition) is 0. The summed E-state index contributed by atoms with van der Waals surface area (Å²) in [5.74, 6) is 0.719. The lowest BCUT2D eigenvalue weighted by Gasteiger charge is -2.20. The van der Waals surface area contributed by atoms with Crippen LogP contribution in [0, 0.1) is 17.8 Å². The Balaban J connectivity index is 1.11. The minimum absolute atomic E-state index is 0.106. The fourth-order valence-electron chi connectivity index (χ4n) is 5.03. The Morgan fingerprint density at radius 3 is 2.53 bits per heavy atom. The van der Waals surface area contributed by atoms with Gasteiger partial charge in [0.05, 0.1) is 12.8 Å². The second-order valence-corrected chi connectivity index (χ2v) is 9.12. The molecule has 11 heteroatoms. The van der Waals surface area contributed by atoms with Crippen molar-refractivity contribution in [2.24, 2.45) is 24.8 Å². The number of ether oxygens (including phenoxy) is 1. The minimum atomic E-state index is -4.57. The van der Waals surface area contributed by atoms with Gasteiger partial charge in [-0.3, -0.25) is 4.79 Å². The molecule has 36 heavy (non-hydrogen) atoms. The van der Waals surface area contributed by atoms with Crippen LogP contribution in [-0.2, 0) is 13.2 Å². The number of hydrogen-bond acceptors (Lipinski definition) is 6. The summed E-state index contributed by atoms with van der Waals surface area (Å²) in [5, 5.41) is 0. The number of alkyl halides is 3. The SMILES string of the molecule is Cn1c(-c2ccccc2)nc2ncc(C(=O)N3C[C@@H]4C(COc5cccnc5C(F)(F)F)[C@@H]4C3)nc21. The first-order valence-electron chi connectivity index (χ1n) is 11.5. The molecule has 3 atom stereocenters. The van der Waals surface area contributed by atoms with Crippen molar-refractivity contribution in [1.29, 1.82) is 0 Å². The molecule has 4 aromatic rings. The zero-order chi connectivity index (χ0) is 25.0. The van der Waals surface area contributed by atoms with Crippen LogP contribution in [0.5, 0.6) is 5.75 Å². The van der Waals surface area contributed by atoms with Crippen LogP contribution in [0.15, 0.2) is 54.9 Å². The third-order valence-electron chi connectivity index (χ3n) is 6.96. The molecule has 184 valence electrons. The number of aromatic nitrogens is 5. The number of pyridine rings is 1. The fourth-order valence-corrected chi connectivity index (χ4v) is 5.03. The van der Waals surface area contributed by atoms with Gasteiger partial charge in [-0.2, -0.15) is 13.2 Å². The summed E-state index contributed by atoms with van der Waals surface area (Å²) in [6.45, 7) is 1.18. The predicted octanol–water partition coefficient (Wildman–Crippen LogP) is 3.84. The van der Waals surface area contributed by atoms with E-state index in [2.05, 4.69) is 19.9 Å². The number of nitrogens with zero attached hydrogens (tertiary/aromatic N) is 6. The van der Waals surface area contributed by atoms with Gasteiger partial charge in [0, 0.05) is 37.8 Å². The van der Waals surface area contributed by atoms with Crippen LogP contribution >= 0.6 is 0 Å². The highest BCUT2D eigenvalue weighted by atomic mass is 19.4. The number of amides is 1. The summed E-state index contributed by atoms with van der Waals surface area (Å²) in [4.78, 5) is 31.7. The van der Waals surface area contributed by atoms with E-state index >= 15 is 0 Å². The van der Waals surface area contributed by atoms with E-state index in [9.17, 15) is 18.0 Å². The van der Waals surface area contributed by atoms with Crippen LogP contribution in [-0.4, -0.2) is 55.0 Å². The summed E-state index contributed by atoms with van der Waals surface area (Å²) >= 11 is 0. The lowest BCUT2D eigenvalue weighted by atomic mass is 10.2. The first-order valence-corrected chi connectivity index (χ1v) is 11.5. The third kappa shape index (κ3) is 3.84. The molecule has 6 rings (SSSR count). The maximum Gasteiger partial charge on any atom is 0.437 e. The number of fused-ring (bicyclic) bond motifs is 2. The number of aryl methyl sites for hydroxylation is 1. The van der Waals surface area contributed by atoms with Gasteiger partial charge in [0.15, 0.2) is 17.0 Å². The summed E-state index contributed by atoms with van der Waals surface area (Å²) in [6, 6.07) is 12.4. The molecule has 1 saturated heterocycles. The monoisotopic (exact) mass is 494 g/mol. The number of halogens is 3. The van der Waals surface area contributed by atoms with Gasteiger partial charge in [-0.25, -0.2) is 19.9 Å². The van der Waals surface area contributed by atoms with Crippen molar-refractivity contribution in [2.75, 3.05) is 19.7 Å². The van der Waals surface area contributed by atoms with Gasteiger partial charge in [0.2, 0.25) is 0 Å². The molecule has 1 amide bonds. The number of likely N-dealkylation sites (tertiary alicyclic amines) is 1. The van der Waals surface area contributed by atoms with Crippen LogP contribution in [0.2, 0.25) is 0 Å². The molecule has 4 heterocycles. The molecule has 1 unspecified atom stereocenters. The van der Waals surface area contributed by atoms with Gasteiger partial charge in [0.25, 0.3) is 5.91 Å². The quantitative estimate of drug-likeness (QED) is 0.419. The highest BCUT2D eigenvalue weighted by Crippen LogP contribution is 2.52. The normalized spacial score (nSPS) is 21.0. The molecule has 2 fully saturated rings. The largest absolute Gasteiger partial charge is 0.491 e. The first-order chi connectivity index (χ1) is 17.3. The lowest BCUT2D eigenvalue weighted by molar-refractivity contribution is -0.142. The van der Waals surface area contributed by atoms with E-state index in [-0.39, 0.29) is 41.7 Å². The van der Waals surface area contributed by atoms with E-state index < -0.39 is 11.9 Å². The summed E-state index contributed by atoms with van der Waals surface area (Å²) in [6.07, 6.45) is -2.03. The lowest BCUT2D eigenvalue weighted by Crippen LogP contribution is -2.33. The Morgan fingerprint density at radius 1 is 1.06 bits per heavy atom. The molecule has 0 N–H and O–H groups in total. The van der Waals surface area contributed by atoms with Crippen molar-refractivity contribution in [3.8, 4) is 17.1 Å². The number of carbonyl (C=O) groups excluding carboxylic acids is 1. The molecule has 0 radical (unpaired) electrons. The fraction of sp³-hybridized carbons (Fsp3) is 0.320. The molecule has 1 aliphatic heterocycles. The molecule has 0 bridgehead atoms. The zero-order valence-electron chi connectivity index (χ0n) is 19.2. The van der Waals surface area contributed by atoms with E-state index in [1.165, 1.54) is 18.3 Å². The van der Waals surface area contributed by atoms with Gasteiger partial charge in [-0.1, -0.05) is 30.3 Å². The van der Waals surface area contributed by atoms with E-state index in [1.807, 2.05) is 41.9 Å². The Morgan fingerprint density at radius 2 is 1.81 bits per heavy atom. The number of benzene rings is 1. The van der Waals surface area contributed by atoms with Gasteiger partial charge < -0.3 is 14.2 Å². The van der Waals surface area contributed by atoms with Gasteiger partial charge in [-0.05, 0) is 24.0 Å². The van der Waals surface area contributed by atoms with Crippen molar-refractivity contribution < 1.29 is 22.7 Å². The Bertz CT molecular complexity index is 1440. The Labute approximate surface area is 203 Å². The number of rotatable bonds is 5. The predicted molar refractivity (Wildman–Crippen MR) is 123 cm³/mol. The Hall–Kier alpha value is -4.02. The Kier molecular flexibility index (Phi) is 5.16. The number of imidazole rings is 1. The topological polar surface area (TPSA) is 86.0 Å². The van der Waals surface area contributed by atoms with E-state index in [0.29, 0.717) is 30.2 Å². The highest BCUT2D eigenvalue weighted by Gasteiger charge is 2.57. The maximum absolute atomic E-state index is 13.1. The van der Waals surface area contributed by atoms with Gasteiger partial charge in [-0.15, -0.1) is 0 Å². The smallest absolute Gasteiger partial charge is 0.437 e. The van der Waals surface area contributed by atoms with Crippen LogP contribution < -0.4 is 4.74 Å². The summed E-state index contributed by atoms with van der Waals surface area (Å²) < 4.78 is 46.7. The zero-order valence-corrected chi connectivity index (χ0v) is 19.2. The van der Waals surface area contributed by atoms with Crippen molar-refractivity contribution in [3.63, 3.8) is 0 Å². The van der Waals surface area contributed by atoms with Gasteiger partial charge in [0.1, 0.15) is 17.3 Å². The molecule has 1 saturated carbocycles. The number of piperidine rings is 1. The van der Waals surface area contributed by atoms with Crippen molar-refractivity contribution in [3.05, 3.63) is 66.2 Å². The van der Waals surface area contributed by atoms with E-state index in [0.717, 1.165) is 11.8 Å². The molecule has 8 nitrogen and oxygen atoms in total. The molecule has 1 aromatic carbocycles. The standard InChI is InChI=1S/C25H21F3N6O2/c1-33-22(14-6-3-2-4-7-14)32-21-23(33)31-18(10-30-21)24(35)34-11-15-16(12-34)17(15)13-36-19-8-5-9-29-20(19)25(26,27)28/h2-10,15-17H,11-13H2,1H3/t15-,16+,17?. The number of carbonyl (C=O) groups is 1.